The van der Waals surface area contributed by atoms with E-state index in [1.165, 1.54) is 0 Å². The second-order valence-electron chi connectivity index (χ2n) is 6.26. The topological polar surface area (TPSA) is 39.4 Å². The normalized spacial score (nSPS) is 10.3. The van der Waals surface area contributed by atoms with E-state index in [0.29, 0.717) is 23.3 Å². The summed E-state index contributed by atoms with van der Waals surface area (Å²) >= 11 is 0. The molecular formula is C25H18O3. The highest BCUT2D eigenvalue weighted by Crippen LogP contribution is 2.31. The Morgan fingerprint density at radius 2 is 1.64 bits per heavy atom. The van der Waals surface area contributed by atoms with E-state index in [2.05, 4.69) is 11.8 Å². The molecule has 0 aliphatic rings. The van der Waals surface area contributed by atoms with E-state index in [-0.39, 0.29) is 5.97 Å². The van der Waals surface area contributed by atoms with E-state index in [1.54, 1.807) is 19.1 Å². The number of hydrogen-bond acceptors (Lipinski definition) is 3. The number of furan rings is 1. The van der Waals surface area contributed by atoms with E-state index in [9.17, 15) is 4.79 Å². The van der Waals surface area contributed by atoms with Crippen molar-refractivity contribution >= 4 is 16.9 Å². The summed E-state index contributed by atoms with van der Waals surface area (Å²) in [5.74, 6) is 6.66. The lowest BCUT2D eigenvalue weighted by Crippen LogP contribution is -2.04. The second kappa shape index (κ2) is 7.85. The first-order valence-electron chi connectivity index (χ1n) is 9.12. The van der Waals surface area contributed by atoms with Crippen LogP contribution in [0.5, 0.6) is 0 Å². The van der Waals surface area contributed by atoms with E-state index in [1.807, 2.05) is 66.7 Å². The smallest absolute Gasteiger partial charge is 0.338 e. The molecule has 0 aliphatic heterocycles. The summed E-state index contributed by atoms with van der Waals surface area (Å²) in [4.78, 5) is 12.3. The fourth-order valence-electron chi connectivity index (χ4n) is 2.98. The first-order chi connectivity index (χ1) is 13.7. The van der Waals surface area contributed by atoms with Crippen molar-refractivity contribution in [2.24, 2.45) is 0 Å². The average molecular weight is 366 g/mol. The van der Waals surface area contributed by atoms with Crippen LogP contribution in [0.4, 0.5) is 0 Å². The zero-order valence-corrected chi connectivity index (χ0v) is 15.4. The minimum Gasteiger partial charge on any atom is -0.462 e. The molecule has 1 aromatic heterocycles. The molecule has 0 saturated carbocycles. The van der Waals surface area contributed by atoms with Gasteiger partial charge in [-0.05, 0) is 37.3 Å². The van der Waals surface area contributed by atoms with Crippen molar-refractivity contribution in [3.8, 4) is 23.2 Å². The number of rotatable bonds is 3. The van der Waals surface area contributed by atoms with Crippen molar-refractivity contribution in [3.05, 3.63) is 95.6 Å². The fraction of sp³-hybridized carbons (Fsp3) is 0.0800. The quantitative estimate of drug-likeness (QED) is 0.346. The van der Waals surface area contributed by atoms with Crippen molar-refractivity contribution in [3.63, 3.8) is 0 Å². The van der Waals surface area contributed by atoms with Crippen molar-refractivity contribution in [2.75, 3.05) is 6.61 Å². The van der Waals surface area contributed by atoms with Crippen LogP contribution in [0, 0.1) is 11.8 Å². The first kappa shape index (κ1) is 17.6. The largest absolute Gasteiger partial charge is 0.462 e. The molecule has 0 radical (unpaired) electrons. The summed E-state index contributed by atoms with van der Waals surface area (Å²) in [6, 6.07) is 25.0. The third kappa shape index (κ3) is 3.67. The minimum atomic E-state index is -0.366. The Labute approximate surface area is 163 Å². The Balaban J connectivity index is 1.86. The molecule has 4 rings (SSSR count). The number of fused-ring (bicyclic) bond motifs is 1. The second-order valence-corrected chi connectivity index (χ2v) is 6.26. The maximum absolute atomic E-state index is 12.3. The van der Waals surface area contributed by atoms with Crippen molar-refractivity contribution in [2.45, 2.75) is 6.92 Å². The SMILES string of the molecule is CCOC(=O)c1cc(C#Cc2ccccc2)c2oc(-c3ccccc3)cc2c1. The van der Waals surface area contributed by atoms with Crippen LogP contribution in [0.15, 0.2) is 83.3 Å². The Hall–Kier alpha value is -3.77. The van der Waals surface area contributed by atoms with Gasteiger partial charge in [0.2, 0.25) is 0 Å². The standard InChI is InChI=1S/C25H18O3/c1-2-27-25(26)22-15-20(14-13-18-9-5-3-6-10-18)24-21(16-22)17-23(28-24)19-11-7-4-8-12-19/h3-12,15-17H,2H2,1H3. The first-order valence-corrected chi connectivity index (χ1v) is 9.12. The number of carbonyl (C=O) groups excluding carboxylic acids is 1. The molecule has 3 aromatic carbocycles. The summed E-state index contributed by atoms with van der Waals surface area (Å²) in [7, 11) is 0. The van der Waals surface area contributed by atoms with Crippen molar-refractivity contribution in [1.29, 1.82) is 0 Å². The lowest BCUT2D eigenvalue weighted by molar-refractivity contribution is 0.0526. The lowest BCUT2D eigenvalue weighted by Gasteiger charge is -2.03. The molecule has 3 nitrogen and oxygen atoms in total. The van der Waals surface area contributed by atoms with Crippen LogP contribution in [-0.2, 0) is 4.74 Å². The van der Waals surface area contributed by atoms with Gasteiger partial charge in [0.1, 0.15) is 11.3 Å². The minimum absolute atomic E-state index is 0.322. The lowest BCUT2D eigenvalue weighted by atomic mass is 10.1. The Morgan fingerprint density at radius 3 is 2.36 bits per heavy atom. The number of carbonyl (C=O) groups is 1. The molecule has 0 saturated heterocycles. The molecule has 136 valence electrons. The molecule has 0 spiro atoms. The Morgan fingerprint density at radius 1 is 0.929 bits per heavy atom. The van der Waals surface area contributed by atoms with E-state index in [0.717, 1.165) is 22.3 Å². The van der Waals surface area contributed by atoms with Gasteiger partial charge in [0, 0.05) is 16.5 Å². The zero-order valence-electron chi connectivity index (χ0n) is 15.4. The predicted molar refractivity (Wildman–Crippen MR) is 110 cm³/mol. The molecule has 1 heterocycles. The monoisotopic (exact) mass is 366 g/mol. The van der Waals surface area contributed by atoms with Gasteiger partial charge in [-0.3, -0.25) is 0 Å². The van der Waals surface area contributed by atoms with Crippen LogP contribution >= 0.6 is 0 Å². The summed E-state index contributed by atoms with van der Waals surface area (Å²) in [5.41, 5.74) is 3.65. The van der Waals surface area contributed by atoms with Crippen molar-refractivity contribution in [1.82, 2.24) is 0 Å². The highest BCUT2D eigenvalue weighted by molar-refractivity contribution is 5.97. The van der Waals surface area contributed by atoms with Gasteiger partial charge < -0.3 is 9.15 Å². The van der Waals surface area contributed by atoms with Gasteiger partial charge in [0.05, 0.1) is 17.7 Å². The molecule has 3 heteroatoms. The predicted octanol–water partition coefficient (Wildman–Crippen LogP) is 5.68. The van der Waals surface area contributed by atoms with Crippen LogP contribution in [-0.4, -0.2) is 12.6 Å². The molecule has 0 fully saturated rings. The number of benzene rings is 3. The highest BCUT2D eigenvalue weighted by Gasteiger charge is 2.15. The van der Waals surface area contributed by atoms with Gasteiger partial charge in [-0.1, -0.05) is 60.4 Å². The van der Waals surface area contributed by atoms with E-state index < -0.39 is 0 Å². The van der Waals surface area contributed by atoms with Crippen LogP contribution in [0.1, 0.15) is 28.4 Å². The third-order valence-corrected chi connectivity index (χ3v) is 4.30. The molecular weight excluding hydrogens is 348 g/mol. The molecule has 0 unspecified atom stereocenters. The molecule has 0 atom stereocenters. The van der Waals surface area contributed by atoms with Gasteiger partial charge in [-0.25, -0.2) is 4.79 Å². The number of ether oxygens (including phenoxy) is 1. The van der Waals surface area contributed by atoms with Crippen LogP contribution in [0.2, 0.25) is 0 Å². The molecule has 0 N–H and O–H groups in total. The highest BCUT2D eigenvalue weighted by atomic mass is 16.5. The van der Waals surface area contributed by atoms with Gasteiger partial charge in [-0.2, -0.15) is 0 Å². The number of esters is 1. The van der Waals surface area contributed by atoms with Crippen molar-refractivity contribution < 1.29 is 13.9 Å². The van der Waals surface area contributed by atoms with E-state index >= 15 is 0 Å². The number of hydrogen-bond donors (Lipinski definition) is 0. The Bertz CT molecular complexity index is 1180. The average Bonchev–Trinajstić information content (AvgIpc) is 3.18. The zero-order chi connectivity index (χ0) is 19.3. The molecule has 4 aromatic rings. The van der Waals surface area contributed by atoms with Gasteiger partial charge >= 0.3 is 5.97 Å². The molecule has 0 aliphatic carbocycles. The molecule has 28 heavy (non-hydrogen) atoms. The van der Waals surface area contributed by atoms with E-state index in [4.69, 9.17) is 9.15 Å². The molecule has 0 amide bonds. The Kier molecular flexibility index (Phi) is 4.95. The summed E-state index contributed by atoms with van der Waals surface area (Å²) in [5, 5.41) is 0.821. The third-order valence-electron chi connectivity index (χ3n) is 4.30. The maximum Gasteiger partial charge on any atom is 0.338 e. The summed E-state index contributed by atoms with van der Waals surface area (Å²) < 4.78 is 11.3. The summed E-state index contributed by atoms with van der Waals surface area (Å²) in [6.07, 6.45) is 0. The molecule has 0 bridgehead atoms. The maximum atomic E-state index is 12.3. The van der Waals surface area contributed by atoms with Gasteiger partial charge in [0.25, 0.3) is 0 Å². The van der Waals surface area contributed by atoms with Crippen LogP contribution < -0.4 is 0 Å². The van der Waals surface area contributed by atoms with Crippen LogP contribution in [0.3, 0.4) is 0 Å². The van der Waals surface area contributed by atoms with Gasteiger partial charge in [0.15, 0.2) is 0 Å². The van der Waals surface area contributed by atoms with Crippen LogP contribution in [0.25, 0.3) is 22.3 Å². The summed E-state index contributed by atoms with van der Waals surface area (Å²) in [6.45, 7) is 2.11. The van der Waals surface area contributed by atoms with Gasteiger partial charge in [-0.15, -0.1) is 0 Å². The fourth-order valence-corrected chi connectivity index (χ4v) is 2.98.